The molecule has 5 nitrogen and oxygen atoms in total. The average Bonchev–Trinajstić information content (AvgIpc) is 2.92. The van der Waals surface area contributed by atoms with Crippen molar-refractivity contribution in [3.05, 3.63) is 35.4 Å². The van der Waals surface area contributed by atoms with E-state index in [4.69, 9.17) is 9.84 Å². The van der Waals surface area contributed by atoms with Crippen LogP contribution in [0.2, 0.25) is 0 Å². The molecule has 1 fully saturated rings. The van der Waals surface area contributed by atoms with Gasteiger partial charge in [0.2, 0.25) is 0 Å². The first-order valence-corrected chi connectivity index (χ1v) is 7.82. The van der Waals surface area contributed by atoms with Gasteiger partial charge in [-0.15, -0.1) is 0 Å². The largest absolute Gasteiger partial charge is 0.481 e. The summed E-state index contributed by atoms with van der Waals surface area (Å²) >= 11 is 0. The van der Waals surface area contributed by atoms with E-state index in [0.29, 0.717) is 12.2 Å². The summed E-state index contributed by atoms with van der Waals surface area (Å²) in [4.78, 5) is 24.8. The Bertz CT molecular complexity index is 512. The van der Waals surface area contributed by atoms with Gasteiger partial charge in [-0.25, -0.2) is 4.79 Å². The van der Waals surface area contributed by atoms with Crippen molar-refractivity contribution in [3.63, 3.8) is 0 Å². The number of carbonyl (C=O) groups excluding carboxylic acids is 1. The fraction of sp³-hybridized carbons (Fsp3) is 0.529. The Kier molecular flexibility index (Phi) is 5.95. The van der Waals surface area contributed by atoms with Gasteiger partial charge in [-0.2, -0.15) is 0 Å². The number of likely N-dealkylation sites (tertiary alicyclic amines) is 1. The third-order valence-corrected chi connectivity index (χ3v) is 3.92. The molecule has 1 aliphatic heterocycles. The summed E-state index contributed by atoms with van der Waals surface area (Å²) in [5, 5.41) is 8.95. The molecule has 1 saturated heterocycles. The Labute approximate surface area is 130 Å². The summed E-state index contributed by atoms with van der Waals surface area (Å²) < 4.78 is 5.10. The molecular weight excluding hydrogens is 282 g/mol. The summed E-state index contributed by atoms with van der Waals surface area (Å²) in [6.07, 6.45) is 2.98. The molecule has 0 spiro atoms. The fourth-order valence-corrected chi connectivity index (χ4v) is 2.79. The summed E-state index contributed by atoms with van der Waals surface area (Å²) in [5.74, 6) is -1.04. The first-order valence-electron chi connectivity index (χ1n) is 7.82. The number of hydrogen-bond acceptors (Lipinski definition) is 4. The second-order valence-electron chi connectivity index (χ2n) is 5.70. The Hall–Kier alpha value is -1.88. The van der Waals surface area contributed by atoms with E-state index in [-0.39, 0.29) is 18.4 Å². The Morgan fingerprint density at radius 3 is 2.68 bits per heavy atom. The average molecular weight is 305 g/mol. The zero-order chi connectivity index (χ0) is 15.9. The maximum Gasteiger partial charge on any atom is 0.338 e. The van der Waals surface area contributed by atoms with E-state index >= 15 is 0 Å². The van der Waals surface area contributed by atoms with Crippen LogP contribution in [0.1, 0.15) is 48.5 Å². The first-order chi connectivity index (χ1) is 10.6. The summed E-state index contributed by atoms with van der Waals surface area (Å²) in [6.45, 7) is 4.05. The monoisotopic (exact) mass is 305 g/mol. The highest BCUT2D eigenvalue weighted by molar-refractivity contribution is 5.89. The molecule has 120 valence electrons. The Morgan fingerprint density at radius 2 is 2.05 bits per heavy atom. The van der Waals surface area contributed by atoms with Crippen molar-refractivity contribution in [3.8, 4) is 0 Å². The lowest BCUT2D eigenvalue weighted by atomic mass is 10.1. The highest BCUT2D eigenvalue weighted by Crippen LogP contribution is 2.22. The molecule has 5 heteroatoms. The van der Waals surface area contributed by atoms with Gasteiger partial charge in [-0.1, -0.05) is 19.1 Å². The lowest BCUT2D eigenvalue weighted by Crippen LogP contribution is -2.30. The smallest absolute Gasteiger partial charge is 0.338 e. The third kappa shape index (κ3) is 4.56. The van der Waals surface area contributed by atoms with Crippen molar-refractivity contribution in [1.82, 2.24) is 4.90 Å². The van der Waals surface area contributed by atoms with Crippen molar-refractivity contribution in [1.29, 1.82) is 0 Å². The van der Waals surface area contributed by atoms with E-state index in [2.05, 4.69) is 4.90 Å². The minimum Gasteiger partial charge on any atom is -0.481 e. The molecule has 1 atom stereocenters. The molecule has 0 saturated carbocycles. The van der Waals surface area contributed by atoms with Crippen LogP contribution in [0, 0.1) is 0 Å². The second-order valence-corrected chi connectivity index (χ2v) is 5.70. The van der Waals surface area contributed by atoms with E-state index in [1.807, 2.05) is 19.1 Å². The standard InChI is InChI=1S/C17H23NO4/c1-2-10-22-17(21)14-7-5-13(6-8-14)12-18-9-3-4-15(18)11-16(19)20/h5-8,15H,2-4,9-12H2,1H3,(H,19,20). The van der Waals surface area contributed by atoms with Crippen LogP contribution in [0.15, 0.2) is 24.3 Å². The van der Waals surface area contributed by atoms with Crippen LogP contribution >= 0.6 is 0 Å². The molecule has 22 heavy (non-hydrogen) atoms. The molecule has 1 heterocycles. The SMILES string of the molecule is CCCOC(=O)c1ccc(CN2CCCC2CC(=O)O)cc1. The second kappa shape index (κ2) is 7.94. The number of carboxylic acids is 1. The van der Waals surface area contributed by atoms with Crippen LogP contribution in [-0.4, -0.2) is 41.1 Å². The van der Waals surface area contributed by atoms with Crippen LogP contribution in [0.25, 0.3) is 0 Å². The van der Waals surface area contributed by atoms with Crippen molar-refractivity contribution in [2.24, 2.45) is 0 Å². The minimum atomic E-state index is -0.745. The molecule has 2 rings (SSSR count). The zero-order valence-corrected chi connectivity index (χ0v) is 13.0. The lowest BCUT2D eigenvalue weighted by molar-refractivity contribution is -0.138. The van der Waals surface area contributed by atoms with E-state index in [0.717, 1.165) is 37.9 Å². The molecule has 0 amide bonds. The first kappa shape index (κ1) is 16.5. The van der Waals surface area contributed by atoms with Gasteiger partial charge in [-0.3, -0.25) is 9.69 Å². The van der Waals surface area contributed by atoms with Crippen LogP contribution < -0.4 is 0 Å². The van der Waals surface area contributed by atoms with Gasteiger partial charge in [0.15, 0.2) is 0 Å². The fourth-order valence-electron chi connectivity index (χ4n) is 2.79. The molecule has 1 unspecified atom stereocenters. The highest BCUT2D eigenvalue weighted by atomic mass is 16.5. The third-order valence-electron chi connectivity index (χ3n) is 3.92. The summed E-state index contributed by atoms with van der Waals surface area (Å²) in [6, 6.07) is 7.49. The number of rotatable bonds is 7. The van der Waals surface area contributed by atoms with Crippen molar-refractivity contribution >= 4 is 11.9 Å². The predicted octanol–water partition coefficient (Wildman–Crippen LogP) is 2.69. The van der Waals surface area contributed by atoms with E-state index < -0.39 is 5.97 Å². The number of aliphatic carboxylic acids is 1. The minimum absolute atomic E-state index is 0.117. The van der Waals surface area contributed by atoms with Gasteiger partial charge in [-0.05, 0) is 43.5 Å². The van der Waals surface area contributed by atoms with Crippen LogP contribution in [0.4, 0.5) is 0 Å². The molecule has 1 aromatic carbocycles. The molecule has 1 aromatic rings. The molecule has 0 radical (unpaired) electrons. The van der Waals surface area contributed by atoms with Gasteiger partial charge in [0.25, 0.3) is 0 Å². The summed E-state index contributed by atoms with van der Waals surface area (Å²) in [5.41, 5.74) is 1.64. The maximum absolute atomic E-state index is 11.7. The molecule has 0 aliphatic carbocycles. The number of esters is 1. The summed E-state index contributed by atoms with van der Waals surface area (Å²) in [7, 11) is 0. The van der Waals surface area contributed by atoms with E-state index in [1.54, 1.807) is 12.1 Å². The Morgan fingerprint density at radius 1 is 1.32 bits per heavy atom. The number of ether oxygens (including phenoxy) is 1. The van der Waals surface area contributed by atoms with Gasteiger partial charge in [0.1, 0.15) is 0 Å². The topological polar surface area (TPSA) is 66.8 Å². The number of benzene rings is 1. The predicted molar refractivity (Wildman–Crippen MR) is 82.7 cm³/mol. The molecule has 1 N–H and O–H groups in total. The lowest BCUT2D eigenvalue weighted by Gasteiger charge is -2.23. The van der Waals surface area contributed by atoms with E-state index in [9.17, 15) is 9.59 Å². The number of carbonyl (C=O) groups is 2. The van der Waals surface area contributed by atoms with Crippen LogP contribution in [-0.2, 0) is 16.1 Å². The maximum atomic E-state index is 11.7. The number of nitrogens with zero attached hydrogens (tertiary/aromatic N) is 1. The van der Waals surface area contributed by atoms with Crippen molar-refractivity contribution in [2.75, 3.05) is 13.2 Å². The van der Waals surface area contributed by atoms with E-state index in [1.165, 1.54) is 0 Å². The quantitative estimate of drug-likeness (QED) is 0.785. The van der Waals surface area contributed by atoms with Crippen LogP contribution in [0.5, 0.6) is 0 Å². The molecule has 0 bridgehead atoms. The van der Waals surface area contributed by atoms with Crippen LogP contribution in [0.3, 0.4) is 0 Å². The Balaban J connectivity index is 1.93. The zero-order valence-electron chi connectivity index (χ0n) is 13.0. The van der Waals surface area contributed by atoms with Gasteiger partial charge >= 0.3 is 11.9 Å². The van der Waals surface area contributed by atoms with Crippen molar-refractivity contribution < 1.29 is 19.4 Å². The van der Waals surface area contributed by atoms with Gasteiger partial charge < -0.3 is 9.84 Å². The molecule has 1 aliphatic rings. The van der Waals surface area contributed by atoms with Gasteiger partial charge in [0, 0.05) is 12.6 Å². The molecular formula is C17H23NO4. The van der Waals surface area contributed by atoms with Crippen molar-refractivity contribution in [2.45, 2.75) is 45.2 Å². The normalized spacial score (nSPS) is 18.3. The van der Waals surface area contributed by atoms with Gasteiger partial charge in [0.05, 0.1) is 18.6 Å². The number of hydrogen-bond donors (Lipinski definition) is 1. The highest BCUT2D eigenvalue weighted by Gasteiger charge is 2.26. The number of carboxylic acid groups (broad SMARTS) is 1. The molecule has 0 aromatic heterocycles.